The fraction of sp³-hybridized carbons (Fsp3) is 0.500. The molecule has 0 aliphatic heterocycles. The molecule has 0 heterocycles. The van der Waals surface area contributed by atoms with Gasteiger partial charge in [-0.15, -0.1) is 0 Å². The second kappa shape index (κ2) is 4.47. The largest absolute Gasteiger partial charge is 0.385 e. The quantitative estimate of drug-likeness (QED) is 0.712. The number of nitrogens with two attached hydrogens (primary N) is 1. The van der Waals surface area contributed by atoms with Crippen LogP contribution in [0.5, 0.6) is 0 Å². The van der Waals surface area contributed by atoms with E-state index in [0.717, 1.165) is 19.5 Å². The van der Waals surface area contributed by atoms with Gasteiger partial charge in [0, 0.05) is 12.2 Å². The molecule has 2 nitrogen and oxygen atoms in total. The van der Waals surface area contributed by atoms with Crippen molar-refractivity contribution < 1.29 is 0 Å². The Hall–Kier alpha value is -1.02. The number of aryl methyl sites for hydroxylation is 2. The Morgan fingerprint density at radius 2 is 2.07 bits per heavy atom. The molecule has 1 aliphatic rings. The van der Waals surface area contributed by atoms with Crippen LogP contribution in [0.3, 0.4) is 0 Å². The van der Waals surface area contributed by atoms with Crippen LogP contribution in [-0.4, -0.2) is 13.1 Å². The zero-order valence-corrected chi connectivity index (χ0v) is 8.55. The molecule has 0 fully saturated rings. The van der Waals surface area contributed by atoms with Crippen LogP contribution in [0.25, 0.3) is 0 Å². The maximum Gasteiger partial charge on any atom is 0.0343 e. The minimum atomic E-state index is 0.762. The normalized spacial score (nSPS) is 14.1. The van der Waals surface area contributed by atoms with Crippen LogP contribution in [0.1, 0.15) is 24.0 Å². The molecule has 0 amide bonds. The van der Waals surface area contributed by atoms with Crippen LogP contribution in [0, 0.1) is 0 Å². The van der Waals surface area contributed by atoms with Crippen molar-refractivity contribution in [3.05, 3.63) is 29.3 Å². The number of fused-ring (bicyclic) bond motifs is 1. The predicted molar refractivity (Wildman–Crippen MR) is 60.6 cm³/mol. The van der Waals surface area contributed by atoms with Gasteiger partial charge < -0.3 is 11.1 Å². The van der Waals surface area contributed by atoms with Crippen LogP contribution in [0.4, 0.5) is 5.69 Å². The molecule has 0 atom stereocenters. The highest BCUT2D eigenvalue weighted by atomic mass is 14.9. The maximum atomic E-state index is 5.44. The average molecular weight is 190 g/mol. The lowest BCUT2D eigenvalue weighted by Crippen LogP contribution is -2.08. The fourth-order valence-electron chi connectivity index (χ4n) is 2.02. The molecule has 0 spiro atoms. The van der Waals surface area contributed by atoms with Gasteiger partial charge in [0.25, 0.3) is 0 Å². The highest BCUT2D eigenvalue weighted by molar-refractivity contribution is 5.50. The summed E-state index contributed by atoms with van der Waals surface area (Å²) in [6.07, 6.45) is 4.87. The zero-order chi connectivity index (χ0) is 9.80. The molecule has 1 aliphatic carbocycles. The molecule has 3 N–H and O–H groups in total. The van der Waals surface area contributed by atoms with Crippen molar-refractivity contribution >= 4 is 5.69 Å². The topological polar surface area (TPSA) is 38.0 Å². The van der Waals surface area contributed by atoms with E-state index in [1.165, 1.54) is 36.1 Å². The summed E-state index contributed by atoms with van der Waals surface area (Å²) in [5.41, 5.74) is 9.76. The molecule has 1 aromatic carbocycles. The molecule has 2 heteroatoms. The molecule has 0 bridgehead atoms. The minimum Gasteiger partial charge on any atom is -0.385 e. The summed E-state index contributed by atoms with van der Waals surface area (Å²) in [6.45, 7) is 1.74. The van der Waals surface area contributed by atoms with Crippen molar-refractivity contribution in [3.8, 4) is 0 Å². The standard InChI is InChI=1S/C12H18N2/c13-7-2-8-14-12-6-5-10-3-1-4-11(10)9-12/h5-6,9,14H,1-4,7-8,13H2. The van der Waals surface area contributed by atoms with Gasteiger partial charge in [0.2, 0.25) is 0 Å². The monoisotopic (exact) mass is 190 g/mol. The van der Waals surface area contributed by atoms with Crippen molar-refractivity contribution in [3.63, 3.8) is 0 Å². The van der Waals surface area contributed by atoms with Gasteiger partial charge in [-0.2, -0.15) is 0 Å². The van der Waals surface area contributed by atoms with Crippen molar-refractivity contribution in [2.45, 2.75) is 25.7 Å². The molecule has 14 heavy (non-hydrogen) atoms. The van der Waals surface area contributed by atoms with Gasteiger partial charge in [-0.3, -0.25) is 0 Å². The molecular formula is C12H18N2. The maximum absolute atomic E-state index is 5.44. The van der Waals surface area contributed by atoms with E-state index in [4.69, 9.17) is 5.73 Å². The number of nitrogens with one attached hydrogen (secondary N) is 1. The SMILES string of the molecule is NCCCNc1ccc2c(c1)CCC2. The van der Waals surface area contributed by atoms with E-state index in [9.17, 15) is 0 Å². The summed E-state index contributed by atoms with van der Waals surface area (Å²) in [6, 6.07) is 6.73. The van der Waals surface area contributed by atoms with Gasteiger partial charge in [0.15, 0.2) is 0 Å². The van der Waals surface area contributed by atoms with Gasteiger partial charge in [0.05, 0.1) is 0 Å². The Morgan fingerprint density at radius 3 is 2.93 bits per heavy atom. The zero-order valence-electron chi connectivity index (χ0n) is 8.55. The fourth-order valence-corrected chi connectivity index (χ4v) is 2.02. The van der Waals surface area contributed by atoms with Crippen molar-refractivity contribution in [1.82, 2.24) is 0 Å². The van der Waals surface area contributed by atoms with Crippen molar-refractivity contribution in [2.75, 3.05) is 18.4 Å². The number of hydrogen-bond donors (Lipinski definition) is 2. The first kappa shape index (κ1) is 9.53. The summed E-state index contributed by atoms with van der Waals surface area (Å²) in [7, 11) is 0. The van der Waals surface area contributed by atoms with E-state index in [0.29, 0.717) is 0 Å². The summed E-state index contributed by atoms with van der Waals surface area (Å²) in [5, 5.41) is 3.40. The first-order valence-corrected chi connectivity index (χ1v) is 5.46. The molecule has 0 aromatic heterocycles. The Balaban J connectivity index is 1.98. The molecular weight excluding hydrogens is 172 g/mol. The number of anilines is 1. The number of rotatable bonds is 4. The molecule has 0 saturated heterocycles. The van der Waals surface area contributed by atoms with Gasteiger partial charge in [-0.05, 0) is 55.5 Å². The van der Waals surface area contributed by atoms with E-state index < -0.39 is 0 Å². The summed E-state index contributed by atoms with van der Waals surface area (Å²) < 4.78 is 0. The average Bonchev–Trinajstić information content (AvgIpc) is 2.65. The summed E-state index contributed by atoms with van der Waals surface area (Å²) >= 11 is 0. The Bertz CT molecular complexity index is 307. The smallest absolute Gasteiger partial charge is 0.0343 e. The predicted octanol–water partition coefficient (Wildman–Crippen LogP) is 1.94. The Morgan fingerprint density at radius 1 is 1.21 bits per heavy atom. The third-order valence-corrected chi connectivity index (χ3v) is 2.81. The van der Waals surface area contributed by atoms with E-state index in [1.54, 1.807) is 0 Å². The van der Waals surface area contributed by atoms with E-state index in [-0.39, 0.29) is 0 Å². The van der Waals surface area contributed by atoms with Crippen LogP contribution < -0.4 is 11.1 Å². The number of hydrogen-bond acceptors (Lipinski definition) is 2. The highest BCUT2D eigenvalue weighted by Crippen LogP contribution is 2.24. The molecule has 0 unspecified atom stereocenters. The van der Waals surface area contributed by atoms with Crippen molar-refractivity contribution in [2.24, 2.45) is 5.73 Å². The molecule has 0 radical (unpaired) electrons. The molecule has 1 aromatic rings. The Labute approximate surface area is 85.5 Å². The van der Waals surface area contributed by atoms with E-state index in [2.05, 4.69) is 23.5 Å². The summed E-state index contributed by atoms with van der Waals surface area (Å²) in [4.78, 5) is 0. The van der Waals surface area contributed by atoms with Crippen LogP contribution in [0.2, 0.25) is 0 Å². The molecule has 0 saturated carbocycles. The lowest BCUT2D eigenvalue weighted by Gasteiger charge is -2.07. The first-order valence-electron chi connectivity index (χ1n) is 5.46. The second-order valence-electron chi connectivity index (χ2n) is 3.91. The Kier molecular flexibility index (Phi) is 3.04. The summed E-state index contributed by atoms with van der Waals surface area (Å²) in [5.74, 6) is 0. The third-order valence-electron chi connectivity index (χ3n) is 2.81. The lowest BCUT2D eigenvalue weighted by atomic mass is 10.1. The number of benzene rings is 1. The molecule has 2 rings (SSSR count). The minimum absolute atomic E-state index is 0.762. The van der Waals surface area contributed by atoms with Crippen molar-refractivity contribution in [1.29, 1.82) is 0 Å². The van der Waals surface area contributed by atoms with E-state index in [1.807, 2.05) is 0 Å². The first-order chi connectivity index (χ1) is 6.90. The highest BCUT2D eigenvalue weighted by Gasteiger charge is 2.10. The van der Waals surface area contributed by atoms with Gasteiger partial charge in [0.1, 0.15) is 0 Å². The second-order valence-corrected chi connectivity index (χ2v) is 3.91. The van der Waals surface area contributed by atoms with E-state index >= 15 is 0 Å². The van der Waals surface area contributed by atoms with Crippen LogP contribution in [-0.2, 0) is 12.8 Å². The van der Waals surface area contributed by atoms with Crippen LogP contribution >= 0.6 is 0 Å². The van der Waals surface area contributed by atoms with Gasteiger partial charge in [-0.25, -0.2) is 0 Å². The molecule has 76 valence electrons. The third kappa shape index (κ3) is 2.07. The van der Waals surface area contributed by atoms with Crippen LogP contribution in [0.15, 0.2) is 18.2 Å². The van der Waals surface area contributed by atoms with Gasteiger partial charge >= 0.3 is 0 Å². The van der Waals surface area contributed by atoms with Gasteiger partial charge in [-0.1, -0.05) is 6.07 Å². The lowest BCUT2D eigenvalue weighted by molar-refractivity contribution is 0.874.